The van der Waals surface area contributed by atoms with Crippen LogP contribution in [0.3, 0.4) is 0 Å². The van der Waals surface area contributed by atoms with E-state index >= 15 is 0 Å². The Hall–Kier alpha value is -1.07. The molecule has 1 aromatic rings. The van der Waals surface area contributed by atoms with Crippen LogP contribution in [0.5, 0.6) is 0 Å². The zero-order valence-electron chi connectivity index (χ0n) is 7.64. The van der Waals surface area contributed by atoms with E-state index in [-0.39, 0.29) is 12.8 Å². The van der Waals surface area contributed by atoms with Crippen molar-refractivity contribution in [1.82, 2.24) is 0 Å². The van der Waals surface area contributed by atoms with Gasteiger partial charge in [-0.2, -0.15) is 0 Å². The molecule has 0 atom stereocenters. The Bertz CT molecular complexity index is 358. The largest absolute Gasteiger partial charge is 0.481 e. The van der Waals surface area contributed by atoms with E-state index in [0.29, 0.717) is 9.90 Å². The van der Waals surface area contributed by atoms with Crippen molar-refractivity contribution < 1.29 is 19.8 Å². The highest BCUT2D eigenvalue weighted by Gasteiger charge is 2.22. The molecule has 15 heavy (non-hydrogen) atoms. The standard InChI is InChI=1S/C9H9ClO4S/c10-6-1-2-15-9(6)5(3-7(11)12)4-8(13)14/h1-2,5H,3-4H2,(H,11,12)(H,13,14). The van der Waals surface area contributed by atoms with E-state index < -0.39 is 17.9 Å². The van der Waals surface area contributed by atoms with Crippen molar-refractivity contribution >= 4 is 34.9 Å². The highest BCUT2D eigenvalue weighted by Crippen LogP contribution is 2.34. The van der Waals surface area contributed by atoms with Gasteiger partial charge in [0.2, 0.25) is 0 Å². The molecule has 0 saturated heterocycles. The molecule has 1 heterocycles. The summed E-state index contributed by atoms with van der Waals surface area (Å²) in [6.07, 6.45) is -0.431. The quantitative estimate of drug-likeness (QED) is 0.839. The van der Waals surface area contributed by atoms with Crippen molar-refractivity contribution in [2.24, 2.45) is 0 Å². The maximum absolute atomic E-state index is 10.6. The van der Waals surface area contributed by atoms with Gasteiger partial charge in [0, 0.05) is 10.8 Å². The number of thiophene rings is 1. The molecular weight excluding hydrogens is 240 g/mol. The molecule has 0 aliphatic carbocycles. The Kier molecular flexibility index (Phi) is 4.11. The van der Waals surface area contributed by atoms with Gasteiger partial charge in [-0.25, -0.2) is 0 Å². The van der Waals surface area contributed by atoms with E-state index in [1.807, 2.05) is 0 Å². The van der Waals surface area contributed by atoms with E-state index in [0.717, 1.165) is 0 Å². The van der Waals surface area contributed by atoms with Gasteiger partial charge in [0.25, 0.3) is 0 Å². The fraction of sp³-hybridized carbons (Fsp3) is 0.333. The summed E-state index contributed by atoms with van der Waals surface area (Å²) in [6.45, 7) is 0. The van der Waals surface area contributed by atoms with Gasteiger partial charge in [-0.15, -0.1) is 11.3 Å². The molecule has 0 fully saturated rings. The van der Waals surface area contributed by atoms with E-state index in [1.54, 1.807) is 11.4 Å². The summed E-state index contributed by atoms with van der Waals surface area (Å²) in [4.78, 5) is 21.8. The molecule has 0 radical (unpaired) electrons. The fourth-order valence-corrected chi connectivity index (χ4v) is 2.59. The van der Waals surface area contributed by atoms with Crippen molar-refractivity contribution in [2.75, 3.05) is 0 Å². The molecular formula is C9H9ClO4S. The van der Waals surface area contributed by atoms with Crippen LogP contribution >= 0.6 is 22.9 Å². The molecule has 0 aliphatic rings. The molecule has 82 valence electrons. The lowest BCUT2D eigenvalue weighted by Crippen LogP contribution is -2.10. The van der Waals surface area contributed by atoms with E-state index in [4.69, 9.17) is 21.8 Å². The number of carboxylic acids is 2. The van der Waals surface area contributed by atoms with Crippen LogP contribution in [0.2, 0.25) is 5.02 Å². The summed E-state index contributed by atoms with van der Waals surface area (Å²) in [5.41, 5.74) is 0. The Balaban J connectivity index is 2.85. The third kappa shape index (κ3) is 3.53. The van der Waals surface area contributed by atoms with Gasteiger partial charge in [0.05, 0.1) is 17.9 Å². The molecule has 1 aromatic heterocycles. The molecule has 0 saturated carbocycles. The first-order chi connectivity index (χ1) is 7.00. The van der Waals surface area contributed by atoms with Crippen LogP contribution in [0, 0.1) is 0 Å². The first-order valence-corrected chi connectivity index (χ1v) is 5.43. The van der Waals surface area contributed by atoms with Crippen molar-refractivity contribution in [2.45, 2.75) is 18.8 Å². The summed E-state index contributed by atoms with van der Waals surface area (Å²) in [5, 5.41) is 19.5. The Morgan fingerprint density at radius 2 is 1.87 bits per heavy atom. The normalized spacial score (nSPS) is 10.5. The number of carbonyl (C=O) groups is 2. The van der Waals surface area contributed by atoms with Crippen LogP contribution < -0.4 is 0 Å². The second kappa shape index (κ2) is 5.14. The molecule has 1 rings (SSSR count). The van der Waals surface area contributed by atoms with Gasteiger partial charge < -0.3 is 10.2 Å². The molecule has 0 spiro atoms. The van der Waals surface area contributed by atoms with Gasteiger partial charge >= 0.3 is 11.9 Å². The second-order valence-electron chi connectivity index (χ2n) is 3.03. The third-order valence-corrected chi connectivity index (χ3v) is 3.38. The Morgan fingerprint density at radius 3 is 2.20 bits per heavy atom. The lowest BCUT2D eigenvalue weighted by molar-refractivity contribution is -0.139. The minimum absolute atomic E-state index is 0.216. The summed E-state index contributed by atoms with van der Waals surface area (Å²) >= 11 is 7.11. The predicted molar refractivity (Wildman–Crippen MR) is 56.6 cm³/mol. The predicted octanol–water partition coefficient (Wildman–Crippen LogP) is 2.43. The molecule has 0 bridgehead atoms. The van der Waals surface area contributed by atoms with Crippen molar-refractivity contribution in [1.29, 1.82) is 0 Å². The fourth-order valence-electron chi connectivity index (χ4n) is 1.28. The first kappa shape index (κ1) is 12.0. The highest BCUT2D eigenvalue weighted by atomic mass is 35.5. The minimum atomic E-state index is -1.02. The molecule has 2 N–H and O–H groups in total. The number of halogens is 1. The summed E-state index contributed by atoms with van der Waals surface area (Å²) in [6, 6.07) is 1.64. The molecule has 0 aliphatic heterocycles. The van der Waals surface area contributed by atoms with Crippen LogP contribution in [0.25, 0.3) is 0 Å². The van der Waals surface area contributed by atoms with Gasteiger partial charge in [-0.05, 0) is 11.4 Å². The van der Waals surface area contributed by atoms with Crippen molar-refractivity contribution in [3.63, 3.8) is 0 Å². The summed E-state index contributed by atoms with van der Waals surface area (Å²) < 4.78 is 0. The molecule has 0 unspecified atom stereocenters. The monoisotopic (exact) mass is 248 g/mol. The van der Waals surface area contributed by atoms with E-state index in [2.05, 4.69) is 0 Å². The van der Waals surface area contributed by atoms with Gasteiger partial charge in [-0.3, -0.25) is 9.59 Å². The number of rotatable bonds is 5. The second-order valence-corrected chi connectivity index (χ2v) is 4.38. The number of carboxylic acid groups (broad SMARTS) is 2. The lowest BCUT2D eigenvalue weighted by Gasteiger charge is -2.10. The van der Waals surface area contributed by atoms with E-state index in [1.165, 1.54) is 11.3 Å². The zero-order chi connectivity index (χ0) is 11.4. The Labute approximate surface area is 95.1 Å². The Morgan fingerprint density at radius 1 is 1.33 bits per heavy atom. The maximum Gasteiger partial charge on any atom is 0.304 e. The zero-order valence-corrected chi connectivity index (χ0v) is 9.22. The molecule has 0 amide bonds. The van der Waals surface area contributed by atoms with Crippen LogP contribution in [0.15, 0.2) is 11.4 Å². The summed E-state index contributed by atoms with van der Waals surface area (Å²) in [7, 11) is 0. The first-order valence-electron chi connectivity index (χ1n) is 4.17. The summed E-state index contributed by atoms with van der Waals surface area (Å²) in [5.74, 6) is -2.59. The van der Waals surface area contributed by atoms with Crippen LogP contribution in [0.1, 0.15) is 23.6 Å². The van der Waals surface area contributed by atoms with E-state index in [9.17, 15) is 9.59 Å². The maximum atomic E-state index is 10.6. The third-order valence-electron chi connectivity index (χ3n) is 1.86. The van der Waals surface area contributed by atoms with Crippen LogP contribution in [-0.4, -0.2) is 22.2 Å². The lowest BCUT2D eigenvalue weighted by atomic mass is 10.00. The number of aliphatic carboxylic acids is 2. The molecule has 0 aromatic carbocycles. The number of hydrogen-bond acceptors (Lipinski definition) is 3. The minimum Gasteiger partial charge on any atom is -0.481 e. The average Bonchev–Trinajstić information content (AvgIpc) is 2.48. The number of hydrogen-bond donors (Lipinski definition) is 2. The van der Waals surface area contributed by atoms with Crippen LogP contribution in [-0.2, 0) is 9.59 Å². The van der Waals surface area contributed by atoms with Crippen LogP contribution in [0.4, 0.5) is 0 Å². The van der Waals surface area contributed by atoms with Crippen molar-refractivity contribution in [3.05, 3.63) is 21.3 Å². The van der Waals surface area contributed by atoms with Gasteiger partial charge in [0.15, 0.2) is 0 Å². The average molecular weight is 249 g/mol. The molecule has 4 nitrogen and oxygen atoms in total. The highest BCUT2D eigenvalue weighted by molar-refractivity contribution is 7.10. The van der Waals surface area contributed by atoms with Gasteiger partial charge in [0.1, 0.15) is 0 Å². The SMILES string of the molecule is O=C(O)CC(CC(=O)O)c1sccc1Cl. The topological polar surface area (TPSA) is 74.6 Å². The van der Waals surface area contributed by atoms with Crippen molar-refractivity contribution in [3.8, 4) is 0 Å². The molecule has 6 heteroatoms. The smallest absolute Gasteiger partial charge is 0.304 e. The van der Waals surface area contributed by atoms with Gasteiger partial charge in [-0.1, -0.05) is 11.6 Å².